The predicted molar refractivity (Wildman–Crippen MR) is 53.8 cm³/mol. The molecule has 14 heavy (non-hydrogen) atoms. The summed E-state index contributed by atoms with van der Waals surface area (Å²) in [4.78, 5) is 4.15. The minimum Gasteiger partial charge on any atom is -0.391 e. The van der Waals surface area contributed by atoms with Crippen LogP contribution in [0.4, 0.5) is 0 Å². The van der Waals surface area contributed by atoms with Crippen molar-refractivity contribution in [2.24, 2.45) is 5.73 Å². The second-order valence-corrected chi connectivity index (χ2v) is 3.37. The maximum Gasteiger partial charge on any atom is 0.136 e. The lowest BCUT2D eigenvalue weighted by Gasteiger charge is -2.16. The molecular weight excluding hydrogens is 178 g/mol. The second-order valence-electron chi connectivity index (χ2n) is 3.37. The first-order valence-electron chi connectivity index (χ1n) is 4.56. The zero-order chi connectivity index (χ0) is 10.1. The van der Waals surface area contributed by atoms with Gasteiger partial charge in [0, 0.05) is 18.1 Å². The predicted octanol–water partition coefficient (Wildman–Crippen LogP) is 0.715. The summed E-state index contributed by atoms with van der Waals surface area (Å²) in [5.74, 6) is 0. The fourth-order valence-electron chi connectivity index (χ4n) is 1.49. The fourth-order valence-corrected chi connectivity index (χ4v) is 1.49. The normalized spacial score (nSPS) is 15.6. The van der Waals surface area contributed by atoms with Crippen LogP contribution in [-0.2, 0) is 0 Å². The van der Waals surface area contributed by atoms with Gasteiger partial charge in [-0.1, -0.05) is 6.07 Å². The lowest BCUT2D eigenvalue weighted by atomic mass is 10.1. The van der Waals surface area contributed by atoms with Gasteiger partial charge >= 0.3 is 0 Å². The Balaban J connectivity index is 2.56. The summed E-state index contributed by atoms with van der Waals surface area (Å²) < 4.78 is 1.89. The van der Waals surface area contributed by atoms with E-state index < -0.39 is 6.10 Å². The molecule has 0 saturated carbocycles. The minimum atomic E-state index is -0.567. The van der Waals surface area contributed by atoms with Crippen LogP contribution in [0.2, 0.25) is 0 Å². The summed E-state index contributed by atoms with van der Waals surface area (Å²) in [6.07, 6.45) is 2.99. The summed E-state index contributed by atoms with van der Waals surface area (Å²) in [5, 5.41) is 9.41. The number of pyridine rings is 1. The molecule has 0 fully saturated rings. The number of rotatable bonds is 2. The van der Waals surface area contributed by atoms with Gasteiger partial charge in [0.05, 0.1) is 12.1 Å². The number of aliphatic hydroxyl groups excluding tert-OH is 1. The van der Waals surface area contributed by atoms with E-state index in [-0.39, 0.29) is 6.04 Å². The quantitative estimate of drug-likeness (QED) is 0.735. The molecule has 0 saturated heterocycles. The highest BCUT2D eigenvalue weighted by Crippen LogP contribution is 2.15. The van der Waals surface area contributed by atoms with E-state index in [1.54, 1.807) is 13.1 Å². The highest BCUT2D eigenvalue weighted by atomic mass is 16.3. The Labute approximate surface area is 82.0 Å². The molecule has 0 aliphatic carbocycles. The molecule has 2 aromatic heterocycles. The Hall–Kier alpha value is -1.39. The van der Waals surface area contributed by atoms with E-state index in [0.717, 1.165) is 11.3 Å². The molecule has 2 unspecified atom stereocenters. The molecule has 2 atom stereocenters. The molecule has 0 aliphatic heterocycles. The van der Waals surface area contributed by atoms with Crippen LogP contribution in [0.5, 0.6) is 0 Å². The van der Waals surface area contributed by atoms with Gasteiger partial charge < -0.3 is 15.2 Å². The first kappa shape index (κ1) is 9.18. The molecule has 2 heterocycles. The molecule has 0 radical (unpaired) electrons. The van der Waals surface area contributed by atoms with Gasteiger partial charge in [0.2, 0.25) is 0 Å². The van der Waals surface area contributed by atoms with Gasteiger partial charge in [0.15, 0.2) is 0 Å². The van der Waals surface area contributed by atoms with Crippen molar-refractivity contribution in [1.82, 2.24) is 9.38 Å². The van der Waals surface area contributed by atoms with Crippen molar-refractivity contribution < 1.29 is 5.11 Å². The van der Waals surface area contributed by atoms with Crippen LogP contribution in [0.25, 0.3) is 5.65 Å². The second kappa shape index (κ2) is 3.40. The van der Waals surface area contributed by atoms with Crippen LogP contribution in [0.1, 0.15) is 18.7 Å². The molecular formula is C10H13N3O. The number of aromatic nitrogens is 2. The van der Waals surface area contributed by atoms with Crippen molar-refractivity contribution >= 4 is 5.65 Å². The topological polar surface area (TPSA) is 63.5 Å². The van der Waals surface area contributed by atoms with E-state index in [1.807, 2.05) is 28.8 Å². The van der Waals surface area contributed by atoms with Gasteiger partial charge in [0.25, 0.3) is 0 Å². The lowest BCUT2D eigenvalue weighted by molar-refractivity contribution is 0.162. The van der Waals surface area contributed by atoms with E-state index in [4.69, 9.17) is 5.73 Å². The zero-order valence-electron chi connectivity index (χ0n) is 7.96. The largest absolute Gasteiger partial charge is 0.391 e. The van der Waals surface area contributed by atoms with Crippen molar-refractivity contribution in [2.75, 3.05) is 0 Å². The van der Waals surface area contributed by atoms with Crippen molar-refractivity contribution in [1.29, 1.82) is 0 Å². The van der Waals surface area contributed by atoms with Crippen LogP contribution in [0, 0.1) is 0 Å². The van der Waals surface area contributed by atoms with Gasteiger partial charge in [-0.05, 0) is 19.1 Å². The highest BCUT2D eigenvalue weighted by Gasteiger charge is 2.14. The summed E-state index contributed by atoms with van der Waals surface area (Å²) in [5.41, 5.74) is 7.58. The Morgan fingerprint density at radius 2 is 2.29 bits per heavy atom. The molecule has 74 valence electrons. The van der Waals surface area contributed by atoms with Gasteiger partial charge in [-0.15, -0.1) is 0 Å². The SMILES string of the molecule is CC(O)C(N)c1cccc2nccn12. The van der Waals surface area contributed by atoms with Crippen LogP contribution < -0.4 is 5.73 Å². The lowest BCUT2D eigenvalue weighted by Crippen LogP contribution is -2.25. The van der Waals surface area contributed by atoms with Crippen molar-refractivity contribution in [3.63, 3.8) is 0 Å². The third kappa shape index (κ3) is 1.38. The first-order chi connectivity index (χ1) is 6.70. The van der Waals surface area contributed by atoms with Crippen molar-refractivity contribution in [3.8, 4) is 0 Å². The van der Waals surface area contributed by atoms with E-state index in [2.05, 4.69) is 4.98 Å². The summed E-state index contributed by atoms with van der Waals surface area (Å²) in [6.45, 7) is 1.68. The van der Waals surface area contributed by atoms with Crippen molar-refractivity contribution in [3.05, 3.63) is 36.3 Å². The minimum absolute atomic E-state index is 0.382. The Bertz CT molecular complexity index is 436. The van der Waals surface area contributed by atoms with E-state index >= 15 is 0 Å². The van der Waals surface area contributed by atoms with Crippen LogP contribution in [0.3, 0.4) is 0 Å². The maximum atomic E-state index is 9.41. The molecule has 2 rings (SSSR count). The van der Waals surface area contributed by atoms with Gasteiger partial charge in [-0.25, -0.2) is 4.98 Å². The van der Waals surface area contributed by atoms with E-state index in [1.165, 1.54) is 0 Å². The Morgan fingerprint density at radius 1 is 1.50 bits per heavy atom. The maximum absolute atomic E-state index is 9.41. The standard InChI is InChI=1S/C10H13N3O/c1-7(14)10(11)8-3-2-4-9-12-5-6-13(8)9/h2-7,10,14H,11H2,1H3. The molecule has 0 spiro atoms. The Kier molecular flexibility index (Phi) is 2.23. The molecule has 2 aromatic rings. The number of hydrogen-bond donors (Lipinski definition) is 2. The van der Waals surface area contributed by atoms with Crippen LogP contribution >= 0.6 is 0 Å². The number of imidazole rings is 1. The number of nitrogens with zero attached hydrogens (tertiary/aromatic N) is 2. The average Bonchev–Trinajstić information content (AvgIpc) is 2.63. The average molecular weight is 191 g/mol. The molecule has 4 heteroatoms. The van der Waals surface area contributed by atoms with Gasteiger partial charge in [-0.2, -0.15) is 0 Å². The summed E-state index contributed by atoms with van der Waals surface area (Å²) in [6, 6.07) is 5.30. The number of nitrogens with two attached hydrogens (primary N) is 1. The number of aliphatic hydroxyl groups is 1. The third-order valence-corrected chi connectivity index (χ3v) is 2.32. The molecule has 3 N–H and O–H groups in total. The first-order valence-corrected chi connectivity index (χ1v) is 4.56. The fraction of sp³-hybridized carbons (Fsp3) is 0.300. The molecule has 4 nitrogen and oxygen atoms in total. The third-order valence-electron chi connectivity index (χ3n) is 2.32. The number of hydrogen-bond acceptors (Lipinski definition) is 3. The Morgan fingerprint density at radius 3 is 3.00 bits per heavy atom. The van der Waals surface area contributed by atoms with E-state index in [9.17, 15) is 5.11 Å². The molecule has 0 bridgehead atoms. The zero-order valence-corrected chi connectivity index (χ0v) is 7.96. The van der Waals surface area contributed by atoms with Gasteiger partial charge in [-0.3, -0.25) is 0 Å². The van der Waals surface area contributed by atoms with Gasteiger partial charge in [0.1, 0.15) is 5.65 Å². The molecule has 0 amide bonds. The van der Waals surface area contributed by atoms with E-state index in [0.29, 0.717) is 0 Å². The van der Waals surface area contributed by atoms with Crippen LogP contribution in [0.15, 0.2) is 30.6 Å². The highest BCUT2D eigenvalue weighted by molar-refractivity contribution is 5.40. The molecule has 0 aliphatic rings. The monoisotopic (exact) mass is 191 g/mol. The molecule has 0 aromatic carbocycles. The summed E-state index contributed by atoms with van der Waals surface area (Å²) in [7, 11) is 0. The van der Waals surface area contributed by atoms with Crippen LogP contribution in [-0.4, -0.2) is 20.6 Å². The summed E-state index contributed by atoms with van der Waals surface area (Å²) >= 11 is 0. The number of fused-ring (bicyclic) bond motifs is 1. The van der Waals surface area contributed by atoms with Crippen molar-refractivity contribution in [2.45, 2.75) is 19.1 Å². The smallest absolute Gasteiger partial charge is 0.136 e.